The molecule has 0 saturated carbocycles. The van der Waals surface area contributed by atoms with E-state index in [2.05, 4.69) is 5.32 Å². The summed E-state index contributed by atoms with van der Waals surface area (Å²) in [5.41, 5.74) is 2.99. The third-order valence-corrected chi connectivity index (χ3v) is 3.40. The Morgan fingerprint density at radius 3 is 2.27 bits per heavy atom. The van der Waals surface area contributed by atoms with E-state index < -0.39 is 0 Å². The van der Waals surface area contributed by atoms with Crippen LogP contribution in [0.5, 0.6) is 11.5 Å². The Bertz CT molecular complexity index is 632. The fraction of sp³-hybridized carbons (Fsp3) is 0.278. The van der Waals surface area contributed by atoms with Gasteiger partial charge in [-0.15, -0.1) is 0 Å². The molecule has 0 spiro atoms. The summed E-state index contributed by atoms with van der Waals surface area (Å²) in [4.78, 5) is 12.0. The van der Waals surface area contributed by atoms with E-state index in [9.17, 15) is 4.79 Å². The first kappa shape index (κ1) is 15.9. The molecule has 22 heavy (non-hydrogen) atoms. The van der Waals surface area contributed by atoms with Crippen LogP contribution in [0.2, 0.25) is 0 Å². The Morgan fingerprint density at radius 2 is 1.64 bits per heavy atom. The summed E-state index contributed by atoms with van der Waals surface area (Å²) >= 11 is 0. The monoisotopic (exact) mass is 299 g/mol. The number of carbonyl (C=O) groups excluding carboxylic acids is 1. The van der Waals surface area contributed by atoms with Crippen molar-refractivity contribution in [1.82, 2.24) is 0 Å². The molecule has 0 aromatic heterocycles. The van der Waals surface area contributed by atoms with Crippen molar-refractivity contribution in [1.29, 1.82) is 0 Å². The van der Waals surface area contributed by atoms with Crippen LogP contribution in [-0.2, 0) is 4.79 Å². The van der Waals surface area contributed by atoms with Crippen molar-refractivity contribution in [2.75, 3.05) is 19.0 Å². The quantitative estimate of drug-likeness (QED) is 0.884. The van der Waals surface area contributed by atoms with Gasteiger partial charge in [0.15, 0.2) is 11.5 Å². The number of amides is 1. The number of hydrogen-bond acceptors (Lipinski definition) is 3. The summed E-state index contributed by atoms with van der Waals surface area (Å²) in [7, 11) is 1.59. The molecule has 0 fully saturated rings. The van der Waals surface area contributed by atoms with E-state index in [0.717, 1.165) is 16.8 Å². The van der Waals surface area contributed by atoms with Gasteiger partial charge in [-0.05, 0) is 37.1 Å². The number of methoxy groups -OCH3 is 1. The second kappa shape index (κ2) is 7.50. The Kier molecular flexibility index (Phi) is 5.42. The molecule has 2 aromatic carbocycles. The summed E-state index contributed by atoms with van der Waals surface area (Å²) in [6.07, 6.45) is 0.284. The van der Waals surface area contributed by atoms with Crippen LogP contribution < -0.4 is 14.8 Å². The van der Waals surface area contributed by atoms with Gasteiger partial charge in [-0.1, -0.05) is 30.3 Å². The van der Waals surface area contributed by atoms with Crippen LogP contribution in [0.4, 0.5) is 5.69 Å². The Hall–Kier alpha value is -2.49. The molecule has 0 bridgehead atoms. The zero-order valence-electron chi connectivity index (χ0n) is 13.2. The zero-order valence-corrected chi connectivity index (χ0v) is 13.2. The van der Waals surface area contributed by atoms with E-state index in [1.54, 1.807) is 7.11 Å². The Morgan fingerprint density at radius 1 is 1.00 bits per heavy atom. The molecular weight excluding hydrogens is 278 g/mol. The van der Waals surface area contributed by atoms with Gasteiger partial charge in [0, 0.05) is 5.69 Å². The van der Waals surface area contributed by atoms with Crippen LogP contribution in [-0.4, -0.2) is 19.6 Å². The number of carbonyl (C=O) groups is 1. The number of ether oxygens (including phenoxy) is 2. The molecule has 1 amide bonds. The van der Waals surface area contributed by atoms with Crippen LogP contribution in [0.1, 0.15) is 17.5 Å². The molecule has 0 radical (unpaired) electrons. The molecule has 1 N–H and O–H groups in total. The molecule has 4 nitrogen and oxygen atoms in total. The third kappa shape index (κ3) is 4.01. The highest BCUT2D eigenvalue weighted by atomic mass is 16.5. The molecule has 2 rings (SSSR count). The molecule has 0 heterocycles. The van der Waals surface area contributed by atoms with Gasteiger partial charge in [-0.2, -0.15) is 0 Å². The van der Waals surface area contributed by atoms with E-state index in [-0.39, 0.29) is 12.3 Å². The smallest absolute Gasteiger partial charge is 0.227 e. The van der Waals surface area contributed by atoms with Crippen molar-refractivity contribution >= 4 is 11.6 Å². The van der Waals surface area contributed by atoms with Gasteiger partial charge in [-0.25, -0.2) is 0 Å². The van der Waals surface area contributed by atoms with Crippen molar-refractivity contribution in [2.45, 2.75) is 20.3 Å². The number of nitrogens with one attached hydrogen (secondary N) is 1. The molecule has 0 aliphatic heterocycles. The minimum atomic E-state index is -0.0627. The van der Waals surface area contributed by atoms with Gasteiger partial charge in [-0.3, -0.25) is 4.79 Å². The number of para-hydroxylation sites is 3. The van der Waals surface area contributed by atoms with Crippen molar-refractivity contribution in [3.63, 3.8) is 0 Å². The average Bonchev–Trinajstić information content (AvgIpc) is 2.51. The van der Waals surface area contributed by atoms with Crippen molar-refractivity contribution in [2.24, 2.45) is 0 Å². The maximum atomic E-state index is 12.0. The summed E-state index contributed by atoms with van der Waals surface area (Å²) in [5.74, 6) is 1.25. The number of benzene rings is 2. The van der Waals surface area contributed by atoms with Gasteiger partial charge in [0.1, 0.15) is 0 Å². The van der Waals surface area contributed by atoms with Crippen molar-refractivity contribution < 1.29 is 14.3 Å². The highest BCUT2D eigenvalue weighted by molar-refractivity contribution is 5.92. The molecule has 4 heteroatoms. The molecule has 2 aromatic rings. The van der Waals surface area contributed by atoms with Crippen LogP contribution in [0.15, 0.2) is 42.5 Å². The number of hydrogen-bond donors (Lipinski definition) is 1. The lowest BCUT2D eigenvalue weighted by atomic mass is 10.1. The highest BCUT2D eigenvalue weighted by Gasteiger charge is 2.08. The number of rotatable bonds is 6. The minimum absolute atomic E-state index is 0.0627. The SMILES string of the molecule is COc1ccccc1OCCC(=O)Nc1c(C)cccc1C. The Balaban J connectivity index is 1.88. The van der Waals surface area contributed by atoms with Gasteiger partial charge in [0.05, 0.1) is 20.1 Å². The average molecular weight is 299 g/mol. The van der Waals surface area contributed by atoms with E-state index in [1.807, 2.05) is 56.3 Å². The first-order valence-electron chi connectivity index (χ1n) is 7.23. The third-order valence-electron chi connectivity index (χ3n) is 3.40. The lowest BCUT2D eigenvalue weighted by molar-refractivity contribution is -0.116. The van der Waals surface area contributed by atoms with Crippen molar-refractivity contribution in [3.8, 4) is 11.5 Å². The van der Waals surface area contributed by atoms with E-state index >= 15 is 0 Å². The van der Waals surface area contributed by atoms with Crippen LogP contribution in [0.3, 0.4) is 0 Å². The maximum absolute atomic E-state index is 12.0. The van der Waals surface area contributed by atoms with Crippen LogP contribution >= 0.6 is 0 Å². The zero-order chi connectivity index (χ0) is 15.9. The largest absolute Gasteiger partial charge is 0.493 e. The normalized spacial score (nSPS) is 10.1. The van der Waals surface area contributed by atoms with Gasteiger partial charge in [0.2, 0.25) is 5.91 Å². The number of aryl methyl sites for hydroxylation is 2. The molecular formula is C18H21NO3. The van der Waals surface area contributed by atoms with Crippen molar-refractivity contribution in [3.05, 3.63) is 53.6 Å². The summed E-state index contributed by atoms with van der Waals surface area (Å²) < 4.78 is 10.8. The second-order valence-electron chi connectivity index (χ2n) is 5.06. The topological polar surface area (TPSA) is 47.6 Å². The minimum Gasteiger partial charge on any atom is -0.493 e. The van der Waals surface area contributed by atoms with Gasteiger partial charge >= 0.3 is 0 Å². The summed E-state index contributed by atoms with van der Waals surface area (Å²) in [5, 5.41) is 2.94. The molecule has 0 aliphatic rings. The summed E-state index contributed by atoms with van der Waals surface area (Å²) in [6.45, 7) is 4.26. The predicted octanol–water partition coefficient (Wildman–Crippen LogP) is 3.72. The lowest BCUT2D eigenvalue weighted by Crippen LogP contribution is -2.16. The fourth-order valence-corrected chi connectivity index (χ4v) is 2.21. The lowest BCUT2D eigenvalue weighted by Gasteiger charge is -2.12. The summed E-state index contributed by atoms with van der Waals surface area (Å²) in [6, 6.07) is 13.3. The molecule has 116 valence electrons. The highest BCUT2D eigenvalue weighted by Crippen LogP contribution is 2.26. The molecule has 0 unspecified atom stereocenters. The maximum Gasteiger partial charge on any atom is 0.227 e. The second-order valence-corrected chi connectivity index (χ2v) is 5.06. The van der Waals surface area contributed by atoms with Gasteiger partial charge < -0.3 is 14.8 Å². The van der Waals surface area contributed by atoms with Gasteiger partial charge in [0.25, 0.3) is 0 Å². The Labute approximate surface area is 131 Å². The molecule has 0 saturated heterocycles. The standard InChI is InChI=1S/C18H21NO3/c1-13-7-6-8-14(2)18(13)19-17(20)11-12-22-16-10-5-4-9-15(16)21-3/h4-10H,11-12H2,1-3H3,(H,19,20). The van der Waals surface area contributed by atoms with E-state index in [4.69, 9.17) is 9.47 Å². The number of anilines is 1. The van der Waals surface area contributed by atoms with E-state index in [0.29, 0.717) is 18.1 Å². The first-order valence-corrected chi connectivity index (χ1v) is 7.23. The predicted molar refractivity (Wildman–Crippen MR) is 87.7 cm³/mol. The van der Waals surface area contributed by atoms with Crippen LogP contribution in [0, 0.1) is 13.8 Å². The fourth-order valence-electron chi connectivity index (χ4n) is 2.21. The first-order chi connectivity index (χ1) is 10.6. The molecule has 0 atom stereocenters. The van der Waals surface area contributed by atoms with Crippen LogP contribution in [0.25, 0.3) is 0 Å². The van der Waals surface area contributed by atoms with E-state index in [1.165, 1.54) is 0 Å². The molecule has 0 aliphatic carbocycles.